The van der Waals surface area contributed by atoms with Gasteiger partial charge in [-0.2, -0.15) is 0 Å². The summed E-state index contributed by atoms with van der Waals surface area (Å²) in [6, 6.07) is 19.3. The number of nitrogens with zero attached hydrogens (tertiary/aromatic N) is 2. The summed E-state index contributed by atoms with van der Waals surface area (Å²) < 4.78 is 5.04. The predicted octanol–water partition coefficient (Wildman–Crippen LogP) is 3.91. The number of amides is 2. The normalized spacial score (nSPS) is 26.1. The van der Waals surface area contributed by atoms with E-state index in [1.54, 1.807) is 48.5 Å². The summed E-state index contributed by atoms with van der Waals surface area (Å²) in [6.07, 6.45) is 0. The maximum Gasteiger partial charge on any atom is 0.326 e. The van der Waals surface area contributed by atoms with Crippen LogP contribution in [-0.4, -0.2) is 46.5 Å². The van der Waals surface area contributed by atoms with Crippen molar-refractivity contribution in [2.24, 2.45) is 11.8 Å². The van der Waals surface area contributed by atoms with Crippen LogP contribution in [-0.2, 0) is 28.9 Å². The molecule has 1 heterocycles. The summed E-state index contributed by atoms with van der Waals surface area (Å²) in [4.78, 5) is 60.9. The van der Waals surface area contributed by atoms with Crippen LogP contribution in [0.2, 0.25) is 0 Å². The van der Waals surface area contributed by atoms with E-state index in [1.807, 2.05) is 0 Å². The second-order valence-electron chi connectivity index (χ2n) is 9.62. The van der Waals surface area contributed by atoms with Crippen molar-refractivity contribution < 1.29 is 28.8 Å². The number of carbonyl (C=O) groups is 4. The number of Topliss-reactive ketones (excluding diaryl/α,β-unsaturated/α-hetero) is 1. The van der Waals surface area contributed by atoms with E-state index in [4.69, 9.17) is 27.9 Å². The van der Waals surface area contributed by atoms with Crippen molar-refractivity contribution in [2.75, 3.05) is 13.2 Å². The van der Waals surface area contributed by atoms with Crippen LogP contribution in [0.3, 0.4) is 0 Å². The summed E-state index contributed by atoms with van der Waals surface area (Å²) in [7, 11) is 0. The van der Waals surface area contributed by atoms with Gasteiger partial charge < -0.3 is 4.74 Å². The van der Waals surface area contributed by atoms with Crippen LogP contribution in [0, 0.1) is 22.0 Å². The second kappa shape index (κ2) is 8.72. The third-order valence-corrected chi connectivity index (χ3v) is 8.99. The van der Waals surface area contributed by atoms with Crippen molar-refractivity contribution >= 4 is 52.5 Å². The third-order valence-electron chi connectivity index (χ3n) is 7.71. The van der Waals surface area contributed by atoms with Crippen molar-refractivity contribution in [2.45, 2.75) is 9.75 Å². The molecule has 39 heavy (non-hydrogen) atoms. The number of nitro benzene ring substituents is 1. The molecule has 9 nitrogen and oxygen atoms in total. The number of nitro groups is 1. The molecule has 2 bridgehead atoms. The van der Waals surface area contributed by atoms with E-state index in [0.717, 1.165) is 11.0 Å². The van der Waals surface area contributed by atoms with Gasteiger partial charge in [-0.1, -0.05) is 60.7 Å². The molecule has 0 N–H and O–H groups in total. The maximum absolute atomic E-state index is 13.7. The Morgan fingerprint density at radius 2 is 1.33 bits per heavy atom. The molecule has 0 saturated carbocycles. The molecule has 3 aromatic rings. The molecule has 7 rings (SSSR count). The number of esters is 1. The van der Waals surface area contributed by atoms with Gasteiger partial charge in [-0.15, -0.1) is 23.2 Å². The maximum atomic E-state index is 13.7. The van der Waals surface area contributed by atoms with Crippen LogP contribution >= 0.6 is 23.2 Å². The number of carbonyl (C=O) groups excluding carboxylic acids is 4. The number of likely N-dealkylation sites (tertiary alicyclic amines) is 1. The van der Waals surface area contributed by atoms with Crippen LogP contribution in [0.15, 0.2) is 72.8 Å². The monoisotopic (exact) mass is 564 g/mol. The Morgan fingerprint density at radius 3 is 1.79 bits per heavy atom. The first-order chi connectivity index (χ1) is 18.6. The number of alkyl halides is 2. The van der Waals surface area contributed by atoms with Crippen LogP contribution in [0.25, 0.3) is 0 Å². The van der Waals surface area contributed by atoms with E-state index in [9.17, 15) is 29.3 Å². The number of hydrogen-bond donors (Lipinski definition) is 0. The van der Waals surface area contributed by atoms with Crippen molar-refractivity contribution in [3.05, 3.63) is 111 Å². The van der Waals surface area contributed by atoms with Gasteiger partial charge in [-0.3, -0.25) is 34.2 Å². The Bertz CT molecular complexity index is 1500. The SMILES string of the molecule is O=C(CN1C(=O)[C@H]2[C@H](C1=O)C1(Cl)c3ccccc3C2(Cl)c2ccccc21)OCC(=O)c1cccc([N+](=O)[O-])c1. The molecule has 0 spiro atoms. The minimum absolute atomic E-state index is 0.0170. The first-order valence-corrected chi connectivity index (χ1v) is 12.7. The topological polar surface area (TPSA) is 124 Å². The lowest BCUT2D eigenvalue weighted by molar-refractivity contribution is -0.384. The molecule has 0 radical (unpaired) electrons. The fourth-order valence-electron chi connectivity index (χ4n) is 6.08. The number of ketones is 1. The predicted molar refractivity (Wildman–Crippen MR) is 138 cm³/mol. The molecule has 0 unspecified atom stereocenters. The lowest BCUT2D eigenvalue weighted by Crippen LogP contribution is -2.57. The number of halogens is 2. The molecule has 11 heteroatoms. The van der Waals surface area contributed by atoms with Gasteiger partial charge in [-0.25, -0.2) is 0 Å². The molecule has 1 aliphatic heterocycles. The molecule has 1 fully saturated rings. The highest BCUT2D eigenvalue weighted by Gasteiger charge is 2.73. The number of benzene rings is 3. The zero-order chi connectivity index (χ0) is 27.7. The van der Waals surface area contributed by atoms with Gasteiger partial charge in [0.15, 0.2) is 6.61 Å². The molecular formula is C28H18Cl2N2O7. The fourth-order valence-corrected chi connectivity index (χ4v) is 7.18. The lowest BCUT2D eigenvalue weighted by Gasteiger charge is -2.54. The Balaban J connectivity index is 1.27. The van der Waals surface area contributed by atoms with E-state index < -0.39 is 63.2 Å². The van der Waals surface area contributed by atoms with Crippen LogP contribution in [0.1, 0.15) is 32.6 Å². The van der Waals surface area contributed by atoms with Gasteiger partial charge >= 0.3 is 5.97 Å². The zero-order valence-corrected chi connectivity index (χ0v) is 21.5. The Morgan fingerprint density at radius 1 is 0.846 bits per heavy atom. The van der Waals surface area contributed by atoms with Crippen LogP contribution < -0.4 is 0 Å². The number of ether oxygens (including phenoxy) is 1. The highest BCUT2D eigenvalue weighted by molar-refractivity contribution is 6.36. The van der Waals surface area contributed by atoms with Gasteiger partial charge in [0.05, 0.1) is 16.8 Å². The van der Waals surface area contributed by atoms with Crippen LogP contribution in [0.4, 0.5) is 5.69 Å². The van der Waals surface area contributed by atoms with Crippen LogP contribution in [0.5, 0.6) is 0 Å². The van der Waals surface area contributed by atoms with E-state index in [0.29, 0.717) is 22.3 Å². The number of non-ortho nitro benzene ring substituents is 1. The summed E-state index contributed by atoms with van der Waals surface area (Å²) in [5.74, 6) is -5.11. The first kappa shape index (κ1) is 25.2. The summed E-state index contributed by atoms with van der Waals surface area (Å²) in [6.45, 7) is -1.46. The van der Waals surface area contributed by atoms with E-state index in [-0.39, 0.29) is 11.3 Å². The third kappa shape index (κ3) is 3.39. The molecule has 196 valence electrons. The highest BCUT2D eigenvalue weighted by atomic mass is 35.5. The smallest absolute Gasteiger partial charge is 0.326 e. The van der Waals surface area contributed by atoms with Crippen molar-refractivity contribution in [3.8, 4) is 0 Å². The highest BCUT2D eigenvalue weighted by Crippen LogP contribution is 2.69. The zero-order valence-electron chi connectivity index (χ0n) is 20.0. The Labute approximate surface area is 231 Å². The largest absolute Gasteiger partial charge is 0.456 e. The average molecular weight is 565 g/mol. The first-order valence-electron chi connectivity index (χ1n) is 12.0. The standard InChI is InChI=1S/C28H18Cl2N2O7/c29-27-17-8-1-2-9-18(17)28(30,20-11-4-3-10-19(20)27)24-23(27)25(35)31(26(24)36)13-22(34)39-14-21(33)15-6-5-7-16(12-15)32(37)38/h1-12,23-24H,13-14H2/t23-,24-,27?,28?/m1/s1. The fraction of sp³-hybridized carbons (Fsp3) is 0.214. The molecular weight excluding hydrogens is 547 g/mol. The molecule has 2 atom stereocenters. The van der Waals surface area contributed by atoms with E-state index >= 15 is 0 Å². The Hall–Kier alpha value is -4.08. The van der Waals surface area contributed by atoms with Crippen molar-refractivity contribution in [3.63, 3.8) is 0 Å². The molecule has 3 aromatic carbocycles. The average Bonchev–Trinajstić information content (AvgIpc) is 3.20. The summed E-state index contributed by atoms with van der Waals surface area (Å²) in [5.41, 5.74) is 2.23. The quantitative estimate of drug-likeness (QED) is 0.111. The van der Waals surface area contributed by atoms with Gasteiger partial charge in [0.2, 0.25) is 17.6 Å². The van der Waals surface area contributed by atoms with E-state index in [1.165, 1.54) is 18.2 Å². The summed E-state index contributed by atoms with van der Waals surface area (Å²) >= 11 is 14.6. The second-order valence-corrected chi connectivity index (χ2v) is 10.8. The molecule has 4 aliphatic rings. The van der Waals surface area contributed by atoms with Gasteiger partial charge in [0.1, 0.15) is 16.3 Å². The minimum atomic E-state index is -1.38. The molecule has 3 aliphatic carbocycles. The van der Waals surface area contributed by atoms with Gasteiger partial charge in [0.25, 0.3) is 5.69 Å². The number of hydrogen-bond acceptors (Lipinski definition) is 7. The lowest BCUT2D eigenvalue weighted by atomic mass is 9.54. The minimum Gasteiger partial charge on any atom is -0.456 e. The van der Waals surface area contributed by atoms with Crippen molar-refractivity contribution in [1.82, 2.24) is 4.90 Å². The van der Waals surface area contributed by atoms with Gasteiger partial charge in [0, 0.05) is 17.7 Å². The van der Waals surface area contributed by atoms with Crippen molar-refractivity contribution in [1.29, 1.82) is 0 Å². The summed E-state index contributed by atoms with van der Waals surface area (Å²) in [5, 5.41) is 11.0. The molecule has 2 amide bonds. The molecule has 0 aromatic heterocycles. The van der Waals surface area contributed by atoms with E-state index in [2.05, 4.69) is 0 Å². The number of imide groups is 1. The van der Waals surface area contributed by atoms with Gasteiger partial charge in [-0.05, 0) is 22.3 Å². The molecule has 1 saturated heterocycles. The Kier molecular flexibility index (Phi) is 5.64. The number of rotatable bonds is 6.